The fourth-order valence-corrected chi connectivity index (χ4v) is 3.48. The van der Waals surface area contributed by atoms with Crippen molar-refractivity contribution in [1.29, 1.82) is 0 Å². The molecule has 1 aliphatic rings. The van der Waals surface area contributed by atoms with Gasteiger partial charge < -0.3 is 9.47 Å². The normalized spacial score (nSPS) is 20.9. The summed E-state index contributed by atoms with van der Waals surface area (Å²) < 4.78 is 11.4. The van der Waals surface area contributed by atoms with Crippen molar-refractivity contribution in [2.75, 3.05) is 26.8 Å². The molecule has 0 saturated carbocycles. The van der Waals surface area contributed by atoms with Crippen LogP contribution in [-0.2, 0) is 20.8 Å². The number of hydrogen-bond acceptors (Lipinski definition) is 5. The third-order valence-corrected chi connectivity index (χ3v) is 4.81. The predicted octanol–water partition coefficient (Wildman–Crippen LogP) is 2.27. The summed E-state index contributed by atoms with van der Waals surface area (Å²) in [5.74, 6) is -0.209. The van der Waals surface area contributed by atoms with Crippen molar-refractivity contribution < 1.29 is 14.3 Å². The Labute approximate surface area is 119 Å². The minimum absolute atomic E-state index is 0.0510. The highest BCUT2D eigenvalue weighted by molar-refractivity contribution is 9.10. The van der Waals surface area contributed by atoms with Crippen LogP contribution in [0, 0.1) is 0 Å². The van der Waals surface area contributed by atoms with E-state index in [0.717, 1.165) is 24.1 Å². The lowest BCUT2D eigenvalue weighted by molar-refractivity contribution is -0.145. The number of nitrogens with zero attached hydrogens (tertiary/aromatic N) is 1. The number of rotatable bonds is 4. The molecule has 2 rings (SSSR count). The maximum Gasteiger partial charge on any atom is 0.308 e. The van der Waals surface area contributed by atoms with Crippen LogP contribution in [0.15, 0.2) is 15.9 Å². The number of carbonyl (C=O) groups excluding carboxylic acids is 1. The Kier molecular flexibility index (Phi) is 5.17. The molecule has 1 aromatic heterocycles. The van der Waals surface area contributed by atoms with Crippen LogP contribution in [-0.4, -0.2) is 43.8 Å². The maximum absolute atomic E-state index is 11.2. The predicted molar refractivity (Wildman–Crippen MR) is 73.7 cm³/mol. The van der Waals surface area contributed by atoms with E-state index in [2.05, 4.69) is 37.0 Å². The first-order chi connectivity index (χ1) is 8.69. The SMILES string of the molecule is COC(=O)C[C@H]1CN(Cc2sccc2Br)CCO1. The van der Waals surface area contributed by atoms with Crippen LogP contribution in [0.2, 0.25) is 0 Å². The van der Waals surface area contributed by atoms with Crippen LogP contribution in [0.1, 0.15) is 11.3 Å². The molecule has 1 aliphatic heterocycles. The van der Waals surface area contributed by atoms with Crippen LogP contribution in [0.3, 0.4) is 0 Å². The number of methoxy groups -OCH3 is 1. The van der Waals surface area contributed by atoms with Gasteiger partial charge in [0.25, 0.3) is 0 Å². The van der Waals surface area contributed by atoms with E-state index in [9.17, 15) is 4.79 Å². The minimum Gasteiger partial charge on any atom is -0.469 e. The lowest BCUT2D eigenvalue weighted by atomic mass is 10.2. The van der Waals surface area contributed by atoms with Gasteiger partial charge in [-0.2, -0.15) is 0 Å². The van der Waals surface area contributed by atoms with Crippen LogP contribution >= 0.6 is 27.3 Å². The van der Waals surface area contributed by atoms with Gasteiger partial charge in [0.15, 0.2) is 0 Å². The van der Waals surface area contributed by atoms with Crippen molar-refractivity contribution in [2.24, 2.45) is 0 Å². The number of thiophene rings is 1. The van der Waals surface area contributed by atoms with E-state index in [1.165, 1.54) is 12.0 Å². The second kappa shape index (κ2) is 6.65. The van der Waals surface area contributed by atoms with Crippen LogP contribution < -0.4 is 0 Å². The van der Waals surface area contributed by atoms with Gasteiger partial charge in [0.1, 0.15) is 0 Å². The maximum atomic E-state index is 11.2. The lowest BCUT2D eigenvalue weighted by Crippen LogP contribution is -2.42. The minimum atomic E-state index is -0.209. The Morgan fingerprint density at radius 2 is 2.56 bits per heavy atom. The fraction of sp³-hybridized carbons (Fsp3) is 0.583. The van der Waals surface area contributed by atoms with Gasteiger partial charge in [0, 0.05) is 29.0 Å². The summed E-state index contributed by atoms with van der Waals surface area (Å²) in [5.41, 5.74) is 0. The van der Waals surface area contributed by atoms with Gasteiger partial charge in [-0.15, -0.1) is 11.3 Å². The molecular formula is C12H16BrNO3S. The van der Waals surface area contributed by atoms with E-state index in [-0.39, 0.29) is 12.1 Å². The summed E-state index contributed by atoms with van der Waals surface area (Å²) in [4.78, 5) is 14.9. The second-order valence-electron chi connectivity index (χ2n) is 4.20. The molecule has 0 spiro atoms. The van der Waals surface area contributed by atoms with Gasteiger partial charge in [-0.1, -0.05) is 0 Å². The largest absolute Gasteiger partial charge is 0.469 e. The number of ether oxygens (including phenoxy) is 2. The summed E-state index contributed by atoms with van der Waals surface area (Å²) in [7, 11) is 1.41. The van der Waals surface area contributed by atoms with E-state index in [1.54, 1.807) is 11.3 Å². The van der Waals surface area contributed by atoms with Crippen molar-refractivity contribution >= 4 is 33.2 Å². The molecule has 2 heterocycles. The van der Waals surface area contributed by atoms with E-state index in [4.69, 9.17) is 4.74 Å². The Balaban J connectivity index is 1.87. The molecule has 0 bridgehead atoms. The van der Waals surface area contributed by atoms with E-state index in [1.807, 2.05) is 0 Å². The Hall–Kier alpha value is -0.430. The van der Waals surface area contributed by atoms with E-state index >= 15 is 0 Å². The van der Waals surface area contributed by atoms with Crippen LogP contribution in [0.25, 0.3) is 0 Å². The molecule has 0 aliphatic carbocycles. The molecule has 18 heavy (non-hydrogen) atoms. The summed E-state index contributed by atoms with van der Waals surface area (Å²) >= 11 is 5.28. The molecule has 0 aromatic carbocycles. The molecule has 1 atom stereocenters. The molecular weight excluding hydrogens is 318 g/mol. The summed E-state index contributed by atoms with van der Waals surface area (Å²) in [6.07, 6.45) is 0.281. The number of halogens is 1. The van der Waals surface area contributed by atoms with E-state index in [0.29, 0.717) is 13.0 Å². The number of carbonyl (C=O) groups is 1. The van der Waals surface area contributed by atoms with Crippen molar-refractivity contribution in [1.82, 2.24) is 4.90 Å². The third-order valence-electron chi connectivity index (χ3n) is 2.90. The molecule has 1 aromatic rings. The summed E-state index contributed by atoms with van der Waals surface area (Å²) in [6, 6.07) is 2.06. The third kappa shape index (κ3) is 3.78. The molecule has 0 unspecified atom stereocenters. The average molecular weight is 334 g/mol. The number of esters is 1. The van der Waals surface area contributed by atoms with E-state index < -0.39 is 0 Å². The smallest absolute Gasteiger partial charge is 0.308 e. The lowest BCUT2D eigenvalue weighted by Gasteiger charge is -2.32. The van der Waals surface area contributed by atoms with Gasteiger partial charge in [-0.25, -0.2) is 0 Å². The molecule has 6 heteroatoms. The van der Waals surface area contributed by atoms with Gasteiger partial charge in [0.05, 0.1) is 26.2 Å². The zero-order valence-electron chi connectivity index (χ0n) is 10.2. The van der Waals surface area contributed by atoms with Crippen molar-refractivity contribution in [3.05, 3.63) is 20.8 Å². The molecule has 0 N–H and O–H groups in total. The Morgan fingerprint density at radius 1 is 1.72 bits per heavy atom. The molecule has 100 valence electrons. The fourth-order valence-electron chi connectivity index (χ4n) is 1.96. The number of morpholine rings is 1. The Bertz CT molecular complexity index is 410. The second-order valence-corrected chi connectivity index (χ2v) is 6.05. The standard InChI is InChI=1S/C12H16BrNO3S/c1-16-12(15)6-9-7-14(3-4-17-9)8-11-10(13)2-5-18-11/h2,5,9H,3-4,6-8H2,1H3/t9-/m0/s1. The summed E-state index contributed by atoms with van der Waals surface area (Å²) in [6.45, 7) is 3.26. The highest BCUT2D eigenvalue weighted by Gasteiger charge is 2.23. The highest BCUT2D eigenvalue weighted by atomic mass is 79.9. The van der Waals surface area contributed by atoms with Gasteiger partial charge in [0.2, 0.25) is 0 Å². The average Bonchev–Trinajstić information content (AvgIpc) is 2.75. The van der Waals surface area contributed by atoms with Gasteiger partial charge >= 0.3 is 5.97 Å². The monoisotopic (exact) mass is 333 g/mol. The zero-order valence-corrected chi connectivity index (χ0v) is 12.6. The molecule has 0 radical (unpaired) electrons. The van der Waals surface area contributed by atoms with Gasteiger partial charge in [-0.05, 0) is 27.4 Å². The Morgan fingerprint density at radius 3 is 3.22 bits per heavy atom. The van der Waals surface area contributed by atoms with Crippen molar-refractivity contribution in [3.8, 4) is 0 Å². The molecule has 1 fully saturated rings. The van der Waals surface area contributed by atoms with Gasteiger partial charge in [-0.3, -0.25) is 9.69 Å². The molecule has 0 amide bonds. The first-order valence-electron chi connectivity index (χ1n) is 5.81. The molecule has 4 nitrogen and oxygen atoms in total. The topological polar surface area (TPSA) is 38.8 Å². The first kappa shape index (κ1) is 14.0. The summed E-state index contributed by atoms with van der Waals surface area (Å²) in [5, 5.41) is 2.08. The van der Waals surface area contributed by atoms with Crippen molar-refractivity contribution in [3.63, 3.8) is 0 Å². The molecule has 1 saturated heterocycles. The quantitative estimate of drug-likeness (QED) is 0.792. The van der Waals surface area contributed by atoms with Crippen LogP contribution in [0.5, 0.6) is 0 Å². The highest BCUT2D eigenvalue weighted by Crippen LogP contribution is 2.25. The first-order valence-corrected chi connectivity index (χ1v) is 7.49. The zero-order chi connectivity index (χ0) is 13.0. The van der Waals surface area contributed by atoms with Crippen LogP contribution in [0.4, 0.5) is 0 Å². The van der Waals surface area contributed by atoms with Crippen molar-refractivity contribution in [2.45, 2.75) is 19.1 Å². The number of hydrogen-bond donors (Lipinski definition) is 0.